The maximum Gasteiger partial charge on any atom is 0.248 e. The number of carbonyl (C=O) groups is 2. The van der Waals surface area contributed by atoms with Gasteiger partial charge in [0, 0.05) is 11.3 Å². The van der Waals surface area contributed by atoms with E-state index in [1.165, 1.54) is 12.5 Å². The van der Waals surface area contributed by atoms with Crippen LogP contribution in [0.15, 0.2) is 75.0 Å². The van der Waals surface area contributed by atoms with E-state index >= 15 is 0 Å². The molecule has 1 atom stereocenters. The van der Waals surface area contributed by atoms with E-state index in [4.69, 9.17) is 14.6 Å². The van der Waals surface area contributed by atoms with Crippen molar-refractivity contribution >= 4 is 29.3 Å². The van der Waals surface area contributed by atoms with Crippen LogP contribution in [0.4, 0.5) is 5.69 Å². The van der Waals surface area contributed by atoms with Crippen molar-refractivity contribution in [1.29, 1.82) is 0 Å². The number of primary amides is 1. The van der Waals surface area contributed by atoms with E-state index in [2.05, 4.69) is 20.5 Å². The molecule has 0 saturated carbocycles. The molecule has 0 aliphatic rings. The molecule has 156 valence electrons. The van der Waals surface area contributed by atoms with Gasteiger partial charge >= 0.3 is 0 Å². The van der Waals surface area contributed by atoms with Gasteiger partial charge < -0.3 is 19.9 Å². The third-order valence-electron chi connectivity index (χ3n) is 4.26. The van der Waals surface area contributed by atoms with Crippen LogP contribution in [0.25, 0.3) is 22.9 Å². The minimum atomic E-state index is -0.531. The highest BCUT2D eigenvalue weighted by Crippen LogP contribution is 2.31. The molecule has 31 heavy (non-hydrogen) atoms. The zero-order chi connectivity index (χ0) is 21.8. The lowest BCUT2D eigenvalue weighted by Crippen LogP contribution is -2.23. The standard InChI is InChI=1S/C21H17N5O4S/c1-12(20(28)23-14-8-6-13(7-9-14)19(22)27)31-21-24-17(15-4-2-10-29-15)18(25-26-21)16-5-3-11-30-16/h2-12H,1H3,(H2,22,27)(H,23,28). The van der Waals surface area contributed by atoms with E-state index in [1.807, 2.05) is 0 Å². The molecule has 0 aliphatic heterocycles. The number of anilines is 1. The number of rotatable bonds is 7. The SMILES string of the molecule is CC(Sc1nnc(-c2ccco2)c(-c2ccco2)n1)C(=O)Nc1ccc(C(N)=O)cc1. The molecule has 0 radical (unpaired) electrons. The summed E-state index contributed by atoms with van der Waals surface area (Å²) in [5.41, 5.74) is 7.04. The Labute approximate surface area is 181 Å². The fraction of sp³-hybridized carbons (Fsp3) is 0.0952. The van der Waals surface area contributed by atoms with Crippen LogP contribution in [0.3, 0.4) is 0 Å². The Bertz CT molecular complexity index is 1190. The van der Waals surface area contributed by atoms with Crippen LogP contribution in [0, 0.1) is 0 Å². The van der Waals surface area contributed by atoms with Crippen molar-refractivity contribution in [3.63, 3.8) is 0 Å². The van der Waals surface area contributed by atoms with Crippen molar-refractivity contribution in [2.75, 3.05) is 5.32 Å². The van der Waals surface area contributed by atoms with Crippen LogP contribution < -0.4 is 11.1 Å². The summed E-state index contributed by atoms with van der Waals surface area (Å²) in [7, 11) is 0. The summed E-state index contributed by atoms with van der Waals surface area (Å²) in [5, 5.41) is 11.0. The molecule has 1 aromatic carbocycles. The number of amides is 2. The first-order valence-electron chi connectivity index (χ1n) is 9.21. The van der Waals surface area contributed by atoms with Crippen LogP contribution in [0.2, 0.25) is 0 Å². The molecule has 0 fully saturated rings. The quantitative estimate of drug-likeness (QED) is 0.420. The predicted octanol–water partition coefficient (Wildman–Crippen LogP) is 3.61. The highest BCUT2D eigenvalue weighted by Gasteiger charge is 2.21. The van der Waals surface area contributed by atoms with Gasteiger partial charge in [-0.1, -0.05) is 11.8 Å². The number of aromatic nitrogens is 3. The van der Waals surface area contributed by atoms with Crippen molar-refractivity contribution < 1.29 is 18.4 Å². The molecule has 0 saturated heterocycles. The minimum absolute atomic E-state index is 0.255. The van der Waals surface area contributed by atoms with Crippen LogP contribution in [0.1, 0.15) is 17.3 Å². The molecule has 4 aromatic rings. The molecule has 2 amide bonds. The van der Waals surface area contributed by atoms with Crippen molar-refractivity contribution in [1.82, 2.24) is 15.2 Å². The Balaban J connectivity index is 1.51. The van der Waals surface area contributed by atoms with E-state index in [0.717, 1.165) is 11.8 Å². The second-order valence-electron chi connectivity index (χ2n) is 6.44. The third-order valence-corrected chi connectivity index (χ3v) is 5.22. The van der Waals surface area contributed by atoms with Gasteiger partial charge in [-0.25, -0.2) is 4.98 Å². The van der Waals surface area contributed by atoms with Gasteiger partial charge in [0.2, 0.25) is 17.0 Å². The molecular formula is C21H17N5O4S. The lowest BCUT2D eigenvalue weighted by molar-refractivity contribution is -0.115. The average molecular weight is 435 g/mol. The van der Waals surface area contributed by atoms with E-state index in [1.54, 1.807) is 55.5 Å². The first-order valence-corrected chi connectivity index (χ1v) is 10.1. The topological polar surface area (TPSA) is 137 Å². The molecule has 0 aliphatic carbocycles. The largest absolute Gasteiger partial charge is 0.463 e. The van der Waals surface area contributed by atoms with E-state index in [0.29, 0.717) is 39.3 Å². The lowest BCUT2D eigenvalue weighted by atomic mass is 10.2. The third kappa shape index (κ3) is 4.64. The van der Waals surface area contributed by atoms with Crippen molar-refractivity contribution in [2.45, 2.75) is 17.3 Å². The number of hydrogen-bond acceptors (Lipinski definition) is 8. The highest BCUT2D eigenvalue weighted by atomic mass is 32.2. The van der Waals surface area contributed by atoms with Gasteiger partial charge in [0.05, 0.1) is 17.8 Å². The Morgan fingerprint density at radius 3 is 2.19 bits per heavy atom. The Morgan fingerprint density at radius 2 is 1.61 bits per heavy atom. The van der Waals surface area contributed by atoms with Crippen molar-refractivity contribution in [3.05, 3.63) is 66.6 Å². The molecule has 0 bridgehead atoms. The molecule has 3 N–H and O–H groups in total. The number of nitrogens with one attached hydrogen (secondary N) is 1. The first kappa shape index (κ1) is 20.4. The molecule has 3 heterocycles. The second-order valence-corrected chi connectivity index (χ2v) is 7.75. The van der Waals surface area contributed by atoms with Crippen molar-refractivity contribution in [2.24, 2.45) is 5.73 Å². The number of hydrogen-bond donors (Lipinski definition) is 2. The minimum Gasteiger partial charge on any atom is -0.463 e. The normalized spacial score (nSPS) is 11.8. The number of nitrogens with zero attached hydrogens (tertiary/aromatic N) is 3. The molecule has 10 heteroatoms. The van der Waals surface area contributed by atoms with E-state index < -0.39 is 11.2 Å². The number of carbonyl (C=O) groups excluding carboxylic acids is 2. The summed E-state index contributed by atoms with van der Waals surface area (Å²) in [6.45, 7) is 1.73. The van der Waals surface area contributed by atoms with Gasteiger partial charge in [0.1, 0.15) is 5.69 Å². The molecule has 9 nitrogen and oxygen atoms in total. The van der Waals surface area contributed by atoms with Gasteiger partial charge in [-0.2, -0.15) is 0 Å². The maximum absolute atomic E-state index is 12.6. The maximum atomic E-state index is 12.6. The van der Waals surface area contributed by atoms with Crippen molar-refractivity contribution in [3.8, 4) is 22.9 Å². The highest BCUT2D eigenvalue weighted by molar-refractivity contribution is 8.00. The van der Waals surface area contributed by atoms with E-state index in [-0.39, 0.29) is 5.91 Å². The average Bonchev–Trinajstić information content (AvgIpc) is 3.48. The summed E-state index contributed by atoms with van der Waals surface area (Å²) < 4.78 is 10.9. The van der Waals surface area contributed by atoms with Gasteiger partial charge in [0.15, 0.2) is 17.2 Å². The smallest absolute Gasteiger partial charge is 0.248 e. The van der Waals surface area contributed by atoms with E-state index in [9.17, 15) is 9.59 Å². The summed E-state index contributed by atoms with van der Waals surface area (Å²) in [4.78, 5) is 28.3. The second kappa shape index (κ2) is 8.84. The Morgan fingerprint density at radius 1 is 0.968 bits per heavy atom. The number of furan rings is 2. The van der Waals surface area contributed by atoms with Gasteiger partial charge in [-0.15, -0.1) is 10.2 Å². The van der Waals surface area contributed by atoms with Crippen LogP contribution in [-0.2, 0) is 4.79 Å². The molecule has 4 rings (SSSR count). The fourth-order valence-electron chi connectivity index (χ4n) is 2.70. The number of thioether (sulfide) groups is 1. The van der Waals surface area contributed by atoms with Crippen LogP contribution in [-0.4, -0.2) is 32.2 Å². The number of nitrogens with two attached hydrogens (primary N) is 1. The number of benzene rings is 1. The van der Waals surface area contributed by atoms with Crippen LogP contribution in [0.5, 0.6) is 0 Å². The molecule has 3 aromatic heterocycles. The zero-order valence-electron chi connectivity index (χ0n) is 16.3. The lowest BCUT2D eigenvalue weighted by Gasteiger charge is -2.12. The monoisotopic (exact) mass is 435 g/mol. The summed E-state index contributed by atoms with van der Waals surface area (Å²) in [6, 6.07) is 13.3. The fourth-order valence-corrected chi connectivity index (χ4v) is 3.41. The molecule has 0 spiro atoms. The Kier molecular flexibility index (Phi) is 5.80. The molecular weight excluding hydrogens is 418 g/mol. The Hall–Kier alpha value is -3.92. The van der Waals surface area contributed by atoms with Gasteiger partial charge in [0.25, 0.3) is 0 Å². The van der Waals surface area contributed by atoms with Crippen LogP contribution >= 0.6 is 11.8 Å². The summed E-state index contributed by atoms with van der Waals surface area (Å²) >= 11 is 1.15. The summed E-state index contributed by atoms with van der Waals surface area (Å²) in [5.74, 6) is 0.231. The van der Waals surface area contributed by atoms with Gasteiger partial charge in [-0.3, -0.25) is 9.59 Å². The van der Waals surface area contributed by atoms with Gasteiger partial charge in [-0.05, 0) is 55.5 Å². The summed E-state index contributed by atoms with van der Waals surface area (Å²) in [6.07, 6.45) is 3.07. The first-order chi connectivity index (χ1) is 15.0. The zero-order valence-corrected chi connectivity index (χ0v) is 17.1. The molecule has 1 unspecified atom stereocenters. The predicted molar refractivity (Wildman–Crippen MR) is 114 cm³/mol.